The van der Waals surface area contributed by atoms with Gasteiger partial charge >= 0.3 is 0 Å². The van der Waals surface area contributed by atoms with Crippen LogP contribution in [-0.2, 0) is 6.42 Å². The van der Waals surface area contributed by atoms with Crippen LogP contribution in [0.15, 0.2) is 48.5 Å². The molecule has 21 heavy (non-hydrogen) atoms. The number of hydrogen-bond acceptors (Lipinski definition) is 2. The lowest BCUT2D eigenvalue weighted by atomic mass is 10.1. The van der Waals surface area contributed by atoms with E-state index in [2.05, 4.69) is 17.9 Å². The first kappa shape index (κ1) is 13.9. The van der Waals surface area contributed by atoms with E-state index in [1.807, 2.05) is 42.5 Å². The van der Waals surface area contributed by atoms with Crippen LogP contribution < -0.4 is 9.47 Å². The molecule has 1 atom stereocenters. The van der Waals surface area contributed by atoms with E-state index in [4.69, 9.17) is 21.1 Å². The Morgan fingerprint density at radius 2 is 1.95 bits per heavy atom. The van der Waals surface area contributed by atoms with Gasteiger partial charge < -0.3 is 9.47 Å². The zero-order chi connectivity index (χ0) is 14.5. The van der Waals surface area contributed by atoms with Crippen molar-refractivity contribution < 1.29 is 9.47 Å². The summed E-state index contributed by atoms with van der Waals surface area (Å²) >= 11 is 5.53. The van der Waals surface area contributed by atoms with Gasteiger partial charge in [0, 0.05) is 12.0 Å². The summed E-state index contributed by atoms with van der Waals surface area (Å²) in [7, 11) is 0. The first-order valence-corrected chi connectivity index (χ1v) is 7.41. The van der Waals surface area contributed by atoms with Crippen molar-refractivity contribution in [1.82, 2.24) is 0 Å². The number of halogens is 1. The second-order valence-corrected chi connectivity index (χ2v) is 5.09. The molecule has 0 saturated carbocycles. The summed E-state index contributed by atoms with van der Waals surface area (Å²) in [4.78, 5) is 0. The van der Waals surface area contributed by atoms with E-state index in [9.17, 15) is 0 Å². The lowest BCUT2D eigenvalue weighted by Gasteiger charge is -2.12. The van der Waals surface area contributed by atoms with Crippen LogP contribution >= 0.6 is 11.6 Å². The number of fused-ring (bicyclic) bond motifs is 1. The molecule has 106 valence electrons. The van der Waals surface area contributed by atoms with Crippen molar-refractivity contribution in [3.8, 4) is 23.3 Å². The first-order chi connectivity index (χ1) is 10.3. The van der Waals surface area contributed by atoms with E-state index in [-0.39, 0.29) is 6.10 Å². The number of hydrogen-bond donors (Lipinski definition) is 0. The number of ether oxygens (including phenoxy) is 2. The highest BCUT2D eigenvalue weighted by atomic mass is 35.5. The Balaban J connectivity index is 1.54. The molecule has 0 aliphatic carbocycles. The lowest BCUT2D eigenvalue weighted by molar-refractivity contribution is 0.148. The SMILES string of the molecule is ClCC#Cc1ccc(OCC2Cc3ccccc3O2)cc1. The molecule has 0 fully saturated rings. The molecule has 0 bridgehead atoms. The third-order valence-electron chi connectivity index (χ3n) is 3.30. The predicted octanol–water partition coefficient (Wildman–Crippen LogP) is 3.66. The van der Waals surface area contributed by atoms with Crippen LogP contribution in [0.25, 0.3) is 0 Å². The van der Waals surface area contributed by atoms with Crippen LogP contribution in [-0.4, -0.2) is 18.6 Å². The predicted molar refractivity (Wildman–Crippen MR) is 84.1 cm³/mol. The molecule has 0 spiro atoms. The van der Waals surface area contributed by atoms with Crippen LogP contribution in [0.1, 0.15) is 11.1 Å². The fourth-order valence-corrected chi connectivity index (χ4v) is 2.37. The second-order valence-electron chi connectivity index (χ2n) is 4.82. The minimum atomic E-state index is 0.0816. The monoisotopic (exact) mass is 298 g/mol. The van der Waals surface area contributed by atoms with Crippen molar-refractivity contribution in [3.63, 3.8) is 0 Å². The normalized spacial score (nSPS) is 15.6. The minimum Gasteiger partial charge on any atom is -0.490 e. The van der Waals surface area contributed by atoms with Gasteiger partial charge in [-0.05, 0) is 35.9 Å². The van der Waals surface area contributed by atoms with E-state index < -0.39 is 0 Å². The summed E-state index contributed by atoms with van der Waals surface area (Å²) < 4.78 is 11.6. The molecule has 2 aromatic rings. The molecular weight excluding hydrogens is 284 g/mol. The number of alkyl halides is 1. The number of para-hydroxylation sites is 1. The molecule has 3 heteroatoms. The van der Waals surface area contributed by atoms with E-state index in [1.54, 1.807) is 0 Å². The Bertz CT molecular complexity index is 643. The van der Waals surface area contributed by atoms with Gasteiger partial charge in [-0.25, -0.2) is 0 Å². The summed E-state index contributed by atoms with van der Waals surface area (Å²) in [5.41, 5.74) is 2.19. The molecule has 2 aromatic carbocycles. The van der Waals surface area contributed by atoms with Gasteiger partial charge in [0.05, 0.1) is 5.88 Å². The van der Waals surface area contributed by atoms with E-state index >= 15 is 0 Å². The average Bonchev–Trinajstić information content (AvgIpc) is 2.95. The summed E-state index contributed by atoms with van der Waals surface area (Å²) in [6.07, 6.45) is 0.980. The van der Waals surface area contributed by atoms with Crippen LogP contribution in [0, 0.1) is 11.8 Å². The fraction of sp³-hybridized carbons (Fsp3) is 0.222. The van der Waals surface area contributed by atoms with Crippen molar-refractivity contribution in [2.45, 2.75) is 12.5 Å². The molecular formula is C18H15ClO2. The van der Waals surface area contributed by atoms with E-state index in [0.717, 1.165) is 23.5 Å². The first-order valence-electron chi connectivity index (χ1n) is 6.87. The van der Waals surface area contributed by atoms with Crippen LogP contribution in [0.5, 0.6) is 11.5 Å². The van der Waals surface area contributed by atoms with Gasteiger partial charge in [0.15, 0.2) is 0 Å². The van der Waals surface area contributed by atoms with E-state index in [0.29, 0.717) is 12.5 Å². The standard InChI is InChI=1S/C18H15ClO2/c19-11-3-4-14-7-9-16(10-8-14)20-13-17-12-15-5-1-2-6-18(15)21-17/h1-2,5-10,17H,11-13H2. The number of benzene rings is 2. The van der Waals surface area contributed by atoms with Crippen molar-refractivity contribution in [2.24, 2.45) is 0 Å². The highest BCUT2D eigenvalue weighted by Gasteiger charge is 2.22. The topological polar surface area (TPSA) is 18.5 Å². The molecule has 0 N–H and O–H groups in total. The van der Waals surface area contributed by atoms with Crippen LogP contribution in [0.3, 0.4) is 0 Å². The minimum absolute atomic E-state index is 0.0816. The maximum atomic E-state index is 5.84. The zero-order valence-electron chi connectivity index (χ0n) is 11.5. The maximum absolute atomic E-state index is 5.84. The molecule has 2 nitrogen and oxygen atoms in total. The third kappa shape index (κ3) is 3.51. The van der Waals surface area contributed by atoms with E-state index in [1.165, 1.54) is 5.56 Å². The fourth-order valence-electron chi connectivity index (χ4n) is 2.31. The quantitative estimate of drug-likeness (QED) is 0.636. The molecule has 1 unspecified atom stereocenters. The van der Waals surface area contributed by atoms with Gasteiger partial charge in [0.25, 0.3) is 0 Å². The summed E-state index contributed by atoms with van der Waals surface area (Å²) in [6.45, 7) is 0.543. The van der Waals surface area contributed by atoms with Crippen molar-refractivity contribution in [3.05, 3.63) is 59.7 Å². The molecule has 0 aromatic heterocycles. The smallest absolute Gasteiger partial charge is 0.137 e. The Kier molecular flexibility index (Phi) is 4.33. The summed E-state index contributed by atoms with van der Waals surface area (Å²) in [5, 5.41) is 0. The van der Waals surface area contributed by atoms with Crippen molar-refractivity contribution >= 4 is 11.6 Å². The van der Waals surface area contributed by atoms with Crippen LogP contribution in [0.2, 0.25) is 0 Å². The Hall–Kier alpha value is -2.11. The van der Waals surface area contributed by atoms with Crippen LogP contribution in [0.4, 0.5) is 0 Å². The second kappa shape index (κ2) is 6.56. The molecule has 1 aliphatic heterocycles. The van der Waals surface area contributed by atoms with Gasteiger partial charge in [-0.1, -0.05) is 30.0 Å². The molecule has 0 saturated heterocycles. The maximum Gasteiger partial charge on any atom is 0.137 e. The van der Waals surface area contributed by atoms with Gasteiger partial charge in [0.2, 0.25) is 0 Å². The zero-order valence-corrected chi connectivity index (χ0v) is 12.3. The average molecular weight is 299 g/mol. The summed E-state index contributed by atoms with van der Waals surface area (Å²) in [6, 6.07) is 15.8. The Labute approximate surface area is 129 Å². The highest BCUT2D eigenvalue weighted by molar-refractivity contribution is 6.19. The summed E-state index contributed by atoms with van der Waals surface area (Å²) in [5.74, 6) is 7.93. The lowest BCUT2D eigenvalue weighted by Crippen LogP contribution is -2.22. The van der Waals surface area contributed by atoms with Gasteiger partial charge in [0.1, 0.15) is 24.2 Å². The van der Waals surface area contributed by atoms with Gasteiger partial charge in [-0.3, -0.25) is 0 Å². The Morgan fingerprint density at radius 1 is 1.14 bits per heavy atom. The Morgan fingerprint density at radius 3 is 2.71 bits per heavy atom. The molecule has 1 aliphatic rings. The van der Waals surface area contributed by atoms with Gasteiger partial charge in [-0.2, -0.15) is 0 Å². The van der Waals surface area contributed by atoms with Gasteiger partial charge in [-0.15, -0.1) is 11.6 Å². The molecule has 1 heterocycles. The van der Waals surface area contributed by atoms with Crippen molar-refractivity contribution in [2.75, 3.05) is 12.5 Å². The largest absolute Gasteiger partial charge is 0.490 e. The molecule has 3 rings (SSSR count). The number of rotatable bonds is 3. The third-order valence-corrected chi connectivity index (χ3v) is 3.44. The van der Waals surface area contributed by atoms with Crippen molar-refractivity contribution in [1.29, 1.82) is 0 Å². The molecule has 0 amide bonds. The molecule has 0 radical (unpaired) electrons. The highest BCUT2D eigenvalue weighted by Crippen LogP contribution is 2.28.